The monoisotopic (exact) mass is 426 g/mol. The van der Waals surface area contributed by atoms with Crippen molar-refractivity contribution < 1.29 is 31.9 Å². The van der Waals surface area contributed by atoms with Gasteiger partial charge >= 0.3 is 18.0 Å². The fourth-order valence-electron chi connectivity index (χ4n) is 3.27. The Balaban J connectivity index is 1.52. The van der Waals surface area contributed by atoms with Crippen LogP contribution in [-0.2, 0) is 10.9 Å². The lowest BCUT2D eigenvalue weighted by Crippen LogP contribution is -2.36. The van der Waals surface area contributed by atoms with Crippen LogP contribution in [0.1, 0.15) is 35.5 Å². The minimum absolute atomic E-state index is 0.00552. The molecule has 2 heterocycles. The highest BCUT2D eigenvalue weighted by atomic mass is 19.4. The van der Waals surface area contributed by atoms with Crippen LogP contribution in [0.15, 0.2) is 22.6 Å². The second-order valence-corrected chi connectivity index (χ2v) is 7.40. The highest BCUT2D eigenvalue weighted by Gasteiger charge is 2.34. The summed E-state index contributed by atoms with van der Waals surface area (Å²) in [6.07, 6.45) is -2.25. The number of ether oxygens (including phenoxy) is 2. The van der Waals surface area contributed by atoms with Crippen molar-refractivity contribution in [2.75, 3.05) is 20.3 Å². The maximum absolute atomic E-state index is 13.2. The van der Waals surface area contributed by atoms with E-state index in [1.165, 1.54) is 6.07 Å². The number of nitrogens with one attached hydrogen (secondary N) is 2. The maximum Gasteiger partial charge on any atom is 0.416 e. The van der Waals surface area contributed by atoms with Crippen molar-refractivity contribution >= 4 is 5.91 Å². The fourth-order valence-corrected chi connectivity index (χ4v) is 3.27. The molecule has 8 nitrogen and oxygen atoms in total. The summed E-state index contributed by atoms with van der Waals surface area (Å²) in [5, 5.41) is 13.5. The van der Waals surface area contributed by atoms with Crippen molar-refractivity contribution in [3.05, 3.63) is 29.7 Å². The van der Waals surface area contributed by atoms with E-state index in [-0.39, 0.29) is 41.3 Å². The van der Waals surface area contributed by atoms with Gasteiger partial charge in [0.2, 0.25) is 0 Å². The molecule has 1 aliphatic carbocycles. The first-order chi connectivity index (χ1) is 14.3. The molecule has 0 bridgehead atoms. The second kappa shape index (κ2) is 8.23. The molecule has 2 aliphatic rings. The third-order valence-electron chi connectivity index (χ3n) is 4.90. The van der Waals surface area contributed by atoms with Crippen LogP contribution in [0.5, 0.6) is 5.75 Å². The van der Waals surface area contributed by atoms with E-state index >= 15 is 0 Å². The second-order valence-electron chi connectivity index (χ2n) is 7.40. The normalized spacial score (nSPS) is 21.6. The highest BCUT2D eigenvalue weighted by Crippen LogP contribution is 2.39. The molecule has 1 amide bonds. The van der Waals surface area contributed by atoms with Crippen molar-refractivity contribution in [2.24, 2.45) is 0 Å². The number of hydrogen-bond acceptors (Lipinski definition) is 7. The van der Waals surface area contributed by atoms with Crippen molar-refractivity contribution in [1.29, 1.82) is 0 Å². The Labute approximate surface area is 170 Å². The van der Waals surface area contributed by atoms with E-state index in [0.717, 1.165) is 25.0 Å². The van der Waals surface area contributed by atoms with Gasteiger partial charge in [-0.05, 0) is 37.5 Å². The molecule has 0 radical (unpaired) electrons. The van der Waals surface area contributed by atoms with Gasteiger partial charge in [0.15, 0.2) is 0 Å². The molecular weight excluding hydrogens is 405 g/mol. The average Bonchev–Trinajstić information content (AvgIpc) is 3.19. The summed E-state index contributed by atoms with van der Waals surface area (Å²) in [7, 11) is 1.60. The number of carbonyl (C=O) groups excluding carboxylic acids is 1. The zero-order valence-electron chi connectivity index (χ0n) is 16.2. The zero-order chi connectivity index (χ0) is 21.3. The Morgan fingerprint density at radius 1 is 1.33 bits per heavy atom. The van der Waals surface area contributed by atoms with E-state index in [4.69, 9.17) is 13.9 Å². The first-order valence-corrected chi connectivity index (χ1v) is 9.58. The Bertz CT molecular complexity index is 913. The molecule has 0 spiro atoms. The number of benzene rings is 1. The third kappa shape index (κ3) is 4.73. The SMILES string of the molecule is COCC1C[C@@H](NC(=O)c2nnc(-c3cc(C(F)(F)F)ccc3OC3CC3)o2)CN1. The zero-order valence-corrected chi connectivity index (χ0v) is 16.2. The van der Waals surface area contributed by atoms with Gasteiger partial charge in [-0.2, -0.15) is 13.2 Å². The lowest BCUT2D eigenvalue weighted by molar-refractivity contribution is -0.137. The first kappa shape index (κ1) is 20.6. The number of alkyl halides is 3. The molecule has 1 aromatic carbocycles. The van der Waals surface area contributed by atoms with Crippen LogP contribution in [-0.4, -0.2) is 54.6 Å². The summed E-state index contributed by atoms with van der Waals surface area (Å²) in [5.74, 6) is -0.905. The van der Waals surface area contributed by atoms with Crippen molar-refractivity contribution in [1.82, 2.24) is 20.8 Å². The summed E-state index contributed by atoms with van der Waals surface area (Å²) in [5.41, 5.74) is -0.864. The Hall–Kier alpha value is -2.66. The summed E-state index contributed by atoms with van der Waals surface area (Å²) in [6.45, 7) is 1.09. The molecule has 162 valence electrons. The topological polar surface area (TPSA) is 98.5 Å². The van der Waals surface area contributed by atoms with Gasteiger partial charge < -0.3 is 24.5 Å². The lowest BCUT2D eigenvalue weighted by atomic mass is 10.1. The van der Waals surface area contributed by atoms with E-state index in [0.29, 0.717) is 19.6 Å². The van der Waals surface area contributed by atoms with Gasteiger partial charge in [0.25, 0.3) is 5.89 Å². The van der Waals surface area contributed by atoms with E-state index in [2.05, 4.69) is 20.8 Å². The molecule has 2 aromatic rings. The minimum atomic E-state index is -4.54. The minimum Gasteiger partial charge on any atom is -0.490 e. The maximum atomic E-state index is 13.2. The standard InChI is InChI=1S/C19H21F3N4O4/c1-28-9-12-7-11(8-23-12)24-16(27)18-26-25-17(30-18)14-6-10(19(20,21)22)2-5-15(14)29-13-3-4-13/h2,5-6,11-13,23H,3-4,7-9H2,1H3,(H,24,27)/t11-,12?/m1/s1. The van der Waals surface area contributed by atoms with E-state index in [1.54, 1.807) is 7.11 Å². The first-order valence-electron chi connectivity index (χ1n) is 9.58. The Kier molecular flexibility index (Phi) is 5.65. The van der Waals surface area contributed by atoms with Gasteiger partial charge in [-0.3, -0.25) is 4.79 Å². The lowest BCUT2D eigenvalue weighted by Gasteiger charge is -2.12. The van der Waals surface area contributed by atoms with Crippen LogP contribution in [0.25, 0.3) is 11.5 Å². The van der Waals surface area contributed by atoms with Crippen LogP contribution >= 0.6 is 0 Å². The number of halogens is 3. The predicted octanol–water partition coefficient (Wildman–Crippen LogP) is 2.40. The van der Waals surface area contributed by atoms with Crippen LogP contribution in [0, 0.1) is 0 Å². The molecule has 2 atom stereocenters. The van der Waals surface area contributed by atoms with E-state index < -0.39 is 17.6 Å². The number of aromatic nitrogens is 2. The quantitative estimate of drug-likeness (QED) is 0.702. The molecule has 1 unspecified atom stereocenters. The van der Waals surface area contributed by atoms with Crippen molar-refractivity contribution in [3.8, 4) is 17.2 Å². The van der Waals surface area contributed by atoms with Gasteiger partial charge in [0.05, 0.1) is 23.8 Å². The predicted molar refractivity (Wildman–Crippen MR) is 97.9 cm³/mol. The fraction of sp³-hybridized carbons (Fsp3) is 0.526. The molecule has 1 aliphatic heterocycles. The molecule has 2 fully saturated rings. The van der Waals surface area contributed by atoms with E-state index in [9.17, 15) is 18.0 Å². The Morgan fingerprint density at radius 3 is 2.83 bits per heavy atom. The highest BCUT2D eigenvalue weighted by molar-refractivity contribution is 5.90. The van der Waals surface area contributed by atoms with Gasteiger partial charge in [0, 0.05) is 25.7 Å². The van der Waals surface area contributed by atoms with Crippen LogP contribution in [0.3, 0.4) is 0 Å². The van der Waals surface area contributed by atoms with Crippen LogP contribution in [0.4, 0.5) is 13.2 Å². The Morgan fingerprint density at radius 2 is 2.13 bits per heavy atom. The van der Waals surface area contributed by atoms with Crippen molar-refractivity contribution in [2.45, 2.75) is 43.6 Å². The molecule has 30 heavy (non-hydrogen) atoms. The smallest absolute Gasteiger partial charge is 0.416 e. The van der Waals surface area contributed by atoms with Crippen molar-refractivity contribution in [3.63, 3.8) is 0 Å². The molecule has 1 aromatic heterocycles. The van der Waals surface area contributed by atoms with Gasteiger partial charge in [0.1, 0.15) is 5.75 Å². The number of methoxy groups -OCH3 is 1. The average molecular weight is 426 g/mol. The summed E-state index contributed by atoms with van der Waals surface area (Å²) in [6, 6.07) is 3.06. The molecule has 1 saturated carbocycles. The van der Waals surface area contributed by atoms with Crippen LogP contribution < -0.4 is 15.4 Å². The summed E-state index contributed by atoms with van der Waals surface area (Å²) < 4.78 is 55.6. The van der Waals surface area contributed by atoms with E-state index in [1.807, 2.05) is 0 Å². The number of carbonyl (C=O) groups is 1. The molecule has 11 heteroatoms. The number of rotatable bonds is 7. The largest absolute Gasteiger partial charge is 0.490 e. The number of nitrogens with zero attached hydrogens (tertiary/aromatic N) is 2. The van der Waals surface area contributed by atoms with Gasteiger partial charge in [-0.25, -0.2) is 0 Å². The molecule has 4 rings (SSSR count). The summed E-state index contributed by atoms with van der Waals surface area (Å²) >= 11 is 0. The van der Waals surface area contributed by atoms with Gasteiger partial charge in [-0.1, -0.05) is 0 Å². The number of hydrogen-bond donors (Lipinski definition) is 2. The van der Waals surface area contributed by atoms with Gasteiger partial charge in [-0.15, -0.1) is 10.2 Å². The number of amides is 1. The third-order valence-corrected chi connectivity index (χ3v) is 4.90. The van der Waals surface area contributed by atoms with Crippen LogP contribution in [0.2, 0.25) is 0 Å². The molecule has 2 N–H and O–H groups in total. The molecule has 1 saturated heterocycles. The molecular formula is C19H21F3N4O4. The summed E-state index contributed by atoms with van der Waals surface area (Å²) in [4.78, 5) is 12.4.